The van der Waals surface area contributed by atoms with Crippen molar-refractivity contribution in [1.82, 2.24) is 9.38 Å². The Labute approximate surface area is 91.1 Å². The van der Waals surface area contributed by atoms with Crippen molar-refractivity contribution in [3.8, 4) is 0 Å². The Morgan fingerprint density at radius 1 is 1.64 bits per heavy atom. The van der Waals surface area contributed by atoms with Gasteiger partial charge >= 0.3 is 0 Å². The average molecular weight is 254 g/mol. The Bertz CT molecular complexity index is 450. The van der Waals surface area contributed by atoms with Gasteiger partial charge < -0.3 is 10.1 Å². The van der Waals surface area contributed by atoms with Crippen LogP contribution in [0, 0.1) is 0 Å². The number of hydrogen-bond acceptors (Lipinski definition) is 2. The van der Waals surface area contributed by atoms with Gasteiger partial charge in [0.1, 0.15) is 5.65 Å². The number of imidazole rings is 1. The smallest absolute Gasteiger partial charge is 0.138 e. The number of halogens is 1. The van der Waals surface area contributed by atoms with Crippen LogP contribution in [0.5, 0.6) is 0 Å². The predicted molar refractivity (Wildman–Crippen MR) is 60.4 cm³/mol. The second kappa shape index (κ2) is 3.71. The van der Waals surface area contributed by atoms with Gasteiger partial charge in [-0.15, -0.1) is 0 Å². The van der Waals surface area contributed by atoms with Crippen molar-refractivity contribution in [3.05, 3.63) is 34.7 Å². The molecule has 0 aliphatic carbocycles. The minimum absolute atomic E-state index is 0.314. The third-order valence-electron chi connectivity index (χ3n) is 2.30. The summed E-state index contributed by atoms with van der Waals surface area (Å²) < 4.78 is 3.05. The molecule has 2 aromatic rings. The van der Waals surface area contributed by atoms with Crippen molar-refractivity contribution in [2.75, 3.05) is 6.54 Å². The van der Waals surface area contributed by atoms with Crippen LogP contribution in [0.3, 0.4) is 0 Å². The average Bonchev–Trinajstić information content (AvgIpc) is 2.59. The standard InChI is InChI=1S/C10H12BrN3/c1-7(5-12)9-6-14-3-2-8(11)4-10(14)13-9/h2-4,6-7H,5,12H2,1H3. The molecule has 2 N–H and O–H groups in total. The number of pyridine rings is 1. The highest BCUT2D eigenvalue weighted by molar-refractivity contribution is 9.10. The molecular formula is C10H12BrN3. The zero-order valence-corrected chi connectivity index (χ0v) is 9.53. The van der Waals surface area contributed by atoms with E-state index in [-0.39, 0.29) is 0 Å². The molecule has 0 aliphatic heterocycles. The van der Waals surface area contributed by atoms with Crippen LogP contribution in [-0.4, -0.2) is 15.9 Å². The zero-order valence-electron chi connectivity index (χ0n) is 7.94. The molecule has 2 aromatic heterocycles. The quantitative estimate of drug-likeness (QED) is 0.892. The Morgan fingerprint density at radius 3 is 3.14 bits per heavy atom. The maximum atomic E-state index is 5.60. The first-order chi connectivity index (χ1) is 6.70. The molecule has 0 saturated carbocycles. The third kappa shape index (κ3) is 1.67. The molecule has 3 nitrogen and oxygen atoms in total. The van der Waals surface area contributed by atoms with Gasteiger partial charge in [-0.3, -0.25) is 0 Å². The summed E-state index contributed by atoms with van der Waals surface area (Å²) in [5.74, 6) is 0.314. The number of hydrogen-bond donors (Lipinski definition) is 1. The summed E-state index contributed by atoms with van der Waals surface area (Å²) in [6.45, 7) is 2.71. The van der Waals surface area contributed by atoms with Gasteiger partial charge in [-0.2, -0.15) is 0 Å². The lowest BCUT2D eigenvalue weighted by molar-refractivity contribution is 0.752. The summed E-state index contributed by atoms with van der Waals surface area (Å²) in [6, 6.07) is 3.98. The lowest BCUT2D eigenvalue weighted by Gasteiger charge is -2.01. The van der Waals surface area contributed by atoms with Crippen molar-refractivity contribution in [2.45, 2.75) is 12.8 Å². The largest absolute Gasteiger partial charge is 0.330 e. The van der Waals surface area contributed by atoms with Gasteiger partial charge in [-0.1, -0.05) is 22.9 Å². The van der Waals surface area contributed by atoms with Gasteiger partial charge in [-0.05, 0) is 12.1 Å². The summed E-state index contributed by atoms with van der Waals surface area (Å²) in [5, 5.41) is 0. The van der Waals surface area contributed by atoms with Crippen LogP contribution in [0.25, 0.3) is 5.65 Å². The molecule has 2 heterocycles. The Kier molecular flexibility index (Phi) is 2.56. The van der Waals surface area contributed by atoms with E-state index in [2.05, 4.69) is 27.8 Å². The van der Waals surface area contributed by atoms with Gasteiger partial charge in [0.15, 0.2) is 0 Å². The number of nitrogens with zero attached hydrogens (tertiary/aromatic N) is 2. The van der Waals surface area contributed by atoms with Crippen molar-refractivity contribution < 1.29 is 0 Å². The highest BCUT2D eigenvalue weighted by Crippen LogP contribution is 2.17. The summed E-state index contributed by atoms with van der Waals surface area (Å²) in [4.78, 5) is 4.50. The zero-order chi connectivity index (χ0) is 10.1. The first-order valence-electron chi connectivity index (χ1n) is 4.55. The summed E-state index contributed by atoms with van der Waals surface area (Å²) in [6.07, 6.45) is 4.01. The Balaban J connectivity index is 2.51. The molecule has 0 fully saturated rings. The van der Waals surface area contributed by atoms with E-state index in [0.717, 1.165) is 15.8 Å². The fraction of sp³-hybridized carbons (Fsp3) is 0.300. The normalized spacial score (nSPS) is 13.4. The van der Waals surface area contributed by atoms with E-state index in [9.17, 15) is 0 Å². The third-order valence-corrected chi connectivity index (χ3v) is 2.79. The molecule has 1 unspecified atom stereocenters. The molecule has 14 heavy (non-hydrogen) atoms. The van der Waals surface area contributed by atoms with E-state index in [0.29, 0.717) is 12.5 Å². The molecule has 1 atom stereocenters. The topological polar surface area (TPSA) is 43.3 Å². The second-order valence-corrected chi connectivity index (χ2v) is 4.33. The molecule has 0 aliphatic rings. The number of fused-ring (bicyclic) bond motifs is 1. The molecular weight excluding hydrogens is 242 g/mol. The molecule has 0 bridgehead atoms. The SMILES string of the molecule is CC(CN)c1cn2ccc(Br)cc2n1. The van der Waals surface area contributed by atoms with E-state index in [1.54, 1.807) is 0 Å². The molecule has 2 rings (SSSR count). The highest BCUT2D eigenvalue weighted by atomic mass is 79.9. The molecule has 74 valence electrons. The lowest BCUT2D eigenvalue weighted by atomic mass is 10.1. The number of rotatable bonds is 2. The monoisotopic (exact) mass is 253 g/mol. The van der Waals surface area contributed by atoms with E-state index < -0.39 is 0 Å². The second-order valence-electron chi connectivity index (χ2n) is 3.41. The van der Waals surface area contributed by atoms with Crippen molar-refractivity contribution in [3.63, 3.8) is 0 Å². The van der Waals surface area contributed by atoms with Crippen molar-refractivity contribution >= 4 is 21.6 Å². The number of nitrogens with two attached hydrogens (primary N) is 1. The van der Waals surface area contributed by atoms with Crippen LogP contribution in [0.1, 0.15) is 18.5 Å². The van der Waals surface area contributed by atoms with E-state index in [1.807, 2.05) is 28.9 Å². The lowest BCUT2D eigenvalue weighted by Crippen LogP contribution is -2.08. The van der Waals surface area contributed by atoms with Crippen LogP contribution in [0.2, 0.25) is 0 Å². The van der Waals surface area contributed by atoms with E-state index in [1.165, 1.54) is 0 Å². The highest BCUT2D eigenvalue weighted by Gasteiger charge is 2.07. The number of aromatic nitrogens is 2. The van der Waals surface area contributed by atoms with Gasteiger partial charge in [0.2, 0.25) is 0 Å². The first-order valence-corrected chi connectivity index (χ1v) is 5.34. The minimum Gasteiger partial charge on any atom is -0.330 e. The molecule has 0 amide bonds. The fourth-order valence-electron chi connectivity index (χ4n) is 1.33. The molecule has 0 spiro atoms. The molecule has 0 aromatic carbocycles. The van der Waals surface area contributed by atoms with Crippen LogP contribution >= 0.6 is 15.9 Å². The van der Waals surface area contributed by atoms with Crippen LogP contribution in [0.4, 0.5) is 0 Å². The molecule has 0 saturated heterocycles. The summed E-state index contributed by atoms with van der Waals surface area (Å²) in [5.41, 5.74) is 7.60. The Morgan fingerprint density at radius 2 is 2.43 bits per heavy atom. The van der Waals surface area contributed by atoms with E-state index >= 15 is 0 Å². The van der Waals surface area contributed by atoms with Gasteiger partial charge in [0.25, 0.3) is 0 Å². The molecule has 4 heteroatoms. The van der Waals surface area contributed by atoms with Gasteiger partial charge in [0, 0.05) is 29.3 Å². The predicted octanol–water partition coefficient (Wildman–Crippen LogP) is 2.16. The fourth-order valence-corrected chi connectivity index (χ4v) is 1.66. The van der Waals surface area contributed by atoms with Gasteiger partial charge in [0.05, 0.1) is 5.69 Å². The van der Waals surface area contributed by atoms with E-state index in [4.69, 9.17) is 5.73 Å². The first kappa shape index (κ1) is 9.68. The Hall–Kier alpha value is -0.870. The van der Waals surface area contributed by atoms with Crippen molar-refractivity contribution in [1.29, 1.82) is 0 Å². The van der Waals surface area contributed by atoms with Crippen LogP contribution < -0.4 is 5.73 Å². The maximum Gasteiger partial charge on any atom is 0.138 e. The van der Waals surface area contributed by atoms with Crippen molar-refractivity contribution in [2.24, 2.45) is 5.73 Å². The van der Waals surface area contributed by atoms with Gasteiger partial charge in [-0.25, -0.2) is 4.98 Å². The van der Waals surface area contributed by atoms with Crippen LogP contribution in [-0.2, 0) is 0 Å². The minimum atomic E-state index is 0.314. The van der Waals surface area contributed by atoms with Crippen LogP contribution in [0.15, 0.2) is 29.0 Å². The maximum absolute atomic E-state index is 5.60. The molecule has 0 radical (unpaired) electrons. The summed E-state index contributed by atoms with van der Waals surface area (Å²) in [7, 11) is 0. The summed E-state index contributed by atoms with van der Waals surface area (Å²) >= 11 is 3.42.